The molecule has 158 valence electrons. The lowest BCUT2D eigenvalue weighted by Gasteiger charge is -2.35. The molecule has 0 spiro atoms. The molecule has 1 saturated carbocycles. The van der Waals surface area contributed by atoms with Crippen LogP contribution in [0.2, 0.25) is 0 Å². The fourth-order valence-corrected chi connectivity index (χ4v) is 3.89. The van der Waals surface area contributed by atoms with Crippen molar-refractivity contribution in [3.05, 3.63) is 59.4 Å². The first-order chi connectivity index (χ1) is 14.4. The van der Waals surface area contributed by atoms with Gasteiger partial charge < -0.3 is 15.0 Å². The molecule has 0 bridgehead atoms. The Balaban J connectivity index is 1.63. The van der Waals surface area contributed by atoms with E-state index in [4.69, 9.17) is 4.74 Å². The molecule has 1 fully saturated rings. The molecule has 1 aliphatic carbocycles. The lowest BCUT2D eigenvalue weighted by molar-refractivity contribution is 0.0383. The Morgan fingerprint density at radius 3 is 2.53 bits per heavy atom. The number of hydrogen-bond donors (Lipinski definition) is 2. The van der Waals surface area contributed by atoms with Gasteiger partial charge in [0.1, 0.15) is 23.6 Å². The molecule has 0 aliphatic heterocycles. The maximum atomic E-state index is 14.4. The SMILES string of the molecule is CCC(C)NC(=O)O[C@H]1C[C@H](c2c(-c3ccc(F)cc3)[nH]c3c(F)cc(F)cc32)C1. The molecule has 4 rings (SSSR count). The van der Waals surface area contributed by atoms with Crippen molar-refractivity contribution in [2.24, 2.45) is 0 Å². The monoisotopic (exact) mass is 416 g/mol. The van der Waals surface area contributed by atoms with Gasteiger partial charge in [-0.05, 0) is 73.6 Å². The van der Waals surface area contributed by atoms with Crippen LogP contribution in [0.25, 0.3) is 22.2 Å². The van der Waals surface area contributed by atoms with Gasteiger partial charge in [0, 0.05) is 17.5 Å². The molecule has 1 heterocycles. The van der Waals surface area contributed by atoms with Crippen LogP contribution in [0.15, 0.2) is 36.4 Å². The smallest absolute Gasteiger partial charge is 0.407 e. The normalized spacial score (nSPS) is 19.4. The van der Waals surface area contributed by atoms with Gasteiger partial charge in [-0.1, -0.05) is 6.92 Å². The number of hydrogen-bond acceptors (Lipinski definition) is 2. The van der Waals surface area contributed by atoms with Crippen molar-refractivity contribution in [3.8, 4) is 11.3 Å². The van der Waals surface area contributed by atoms with Crippen molar-refractivity contribution < 1.29 is 22.7 Å². The highest BCUT2D eigenvalue weighted by molar-refractivity contribution is 5.92. The molecule has 1 atom stereocenters. The second-order valence-corrected chi connectivity index (χ2v) is 7.88. The fourth-order valence-electron chi connectivity index (χ4n) is 3.89. The van der Waals surface area contributed by atoms with Crippen molar-refractivity contribution in [3.63, 3.8) is 0 Å². The van der Waals surface area contributed by atoms with Gasteiger partial charge in [-0.25, -0.2) is 18.0 Å². The number of nitrogens with one attached hydrogen (secondary N) is 2. The minimum Gasteiger partial charge on any atom is -0.446 e. The number of alkyl carbamates (subject to hydrolysis) is 1. The summed E-state index contributed by atoms with van der Waals surface area (Å²) in [5, 5.41) is 3.22. The first kappa shape index (κ1) is 20.3. The Labute approximate surface area is 172 Å². The van der Waals surface area contributed by atoms with Gasteiger partial charge in [-0.3, -0.25) is 0 Å². The molecule has 2 aromatic carbocycles. The summed E-state index contributed by atoms with van der Waals surface area (Å²) in [6, 6.07) is 8.03. The van der Waals surface area contributed by atoms with Crippen LogP contribution in [0.5, 0.6) is 0 Å². The minimum atomic E-state index is -0.681. The zero-order valence-corrected chi connectivity index (χ0v) is 16.8. The molecular formula is C23H23F3N2O2. The number of benzene rings is 2. The summed E-state index contributed by atoms with van der Waals surface area (Å²) in [6.45, 7) is 3.87. The second-order valence-electron chi connectivity index (χ2n) is 7.88. The zero-order valence-electron chi connectivity index (χ0n) is 16.8. The fraction of sp³-hybridized carbons (Fsp3) is 0.348. The molecule has 1 amide bonds. The van der Waals surface area contributed by atoms with E-state index in [-0.39, 0.29) is 29.4 Å². The quantitative estimate of drug-likeness (QED) is 0.534. The van der Waals surface area contributed by atoms with Crippen molar-refractivity contribution in [1.29, 1.82) is 0 Å². The molecule has 0 saturated heterocycles. The van der Waals surface area contributed by atoms with E-state index in [9.17, 15) is 18.0 Å². The van der Waals surface area contributed by atoms with E-state index in [0.29, 0.717) is 29.5 Å². The predicted molar refractivity (Wildman–Crippen MR) is 109 cm³/mol. The first-order valence-electron chi connectivity index (χ1n) is 10.1. The summed E-state index contributed by atoms with van der Waals surface area (Å²) in [4.78, 5) is 15.0. The molecule has 4 nitrogen and oxygen atoms in total. The van der Waals surface area contributed by atoms with Crippen LogP contribution in [0.4, 0.5) is 18.0 Å². The number of H-pyrrole nitrogens is 1. The Morgan fingerprint density at radius 2 is 1.87 bits per heavy atom. The molecule has 1 unspecified atom stereocenters. The maximum absolute atomic E-state index is 14.4. The molecule has 1 aliphatic rings. The average molecular weight is 416 g/mol. The average Bonchev–Trinajstić information content (AvgIpc) is 3.04. The molecular weight excluding hydrogens is 393 g/mol. The van der Waals surface area contributed by atoms with Crippen LogP contribution < -0.4 is 5.32 Å². The van der Waals surface area contributed by atoms with E-state index >= 15 is 0 Å². The Kier molecular flexibility index (Phi) is 5.45. The number of aromatic amines is 1. The van der Waals surface area contributed by atoms with E-state index in [1.807, 2.05) is 13.8 Å². The lowest BCUT2D eigenvalue weighted by atomic mass is 9.75. The highest BCUT2D eigenvalue weighted by Crippen LogP contribution is 2.46. The third-order valence-corrected chi connectivity index (χ3v) is 5.75. The van der Waals surface area contributed by atoms with E-state index in [1.54, 1.807) is 12.1 Å². The number of rotatable bonds is 5. The maximum Gasteiger partial charge on any atom is 0.407 e. The van der Waals surface area contributed by atoms with Crippen molar-refractivity contribution in [1.82, 2.24) is 10.3 Å². The zero-order chi connectivity index (χ0) is 21.4. The van der Waals surface area contributed by atoms with Crippen LogP contribution in [0.1, 0.15) is 44.6 Å². The largest absolute Gasteiger partial charge is 0.446 e. The van der Waals surface area contributed by atoms with E-state index in [1.165, 1.54) is 18.2 Å². The van der Waals surface area contributed by atoms with Gasteiger partial charge in [0.25, 0.3) is 0 Å². The van der Waals surface area contributed by atoms with Gasteiger partial charge in [0.05, 0.1) is 11.2 Å². The molecule has 30 heavy (non-hydrogen) atoms. The molecule has 7 heteroatoms. The number of fused-ring (bicyclic) bond motifs is 1. The van der Waals surface area contributed by atoms with Crippen molar-refractivity contribution in [2.75, 3.05) is 0 Å². The highest BCUT2D eigenvalue weighted by atomic mass is 19.1. The first-order valence-corrected chi connectivity index (χ1v) is 10.1. The summed E-state index contributed by atoms with van der Waals surface area (Å²) >= 11 is 0. The summed E-state index contributed by atoms with van der Waals surface area (Å²) in [6.07, 6.45) is 1.18. The van der Waals surface area contributed by atoms with Gasteiger partial charge in [-0.2, -0.15) is 0 Å². The third kappa shape index (κ3) is 3.88. The number of carbonyl (C=O) groups excluding carboxylic acids is 1. The highest BCUT2D eigenvalue weighted by Gasteiger charge is 2.37. The Bertz CT molecular complexity index is 1070. The van der Waals surface area contributed by atoms with Crippen LogP contribution in [0, 0.1) is 17.5 Å². The van der Waals surface area contributed by atoms with E-state index < -0.39 is 17.7 Å². The van der Waals surface area contributed by atoms with Crippen molar-refractivity contribution in [2.45, 2.75) is 51.2 Å². The molecule has 3 aromatic rings. The predicted octanol–water partition coefficient (Wildman–Crippen LogP) is 6.02. The summed E-state index contributed by atoms with van der Waals surface area (Å²) in [5.74, 6) is -1.76. The summed E-state index contributed by atoms with van der Waals surface area (Å²) in [5.41, 5.74) is 2.28. The number of aromatic nitrogens is 1. The number of halogens is 3. The van der Waals surface area contributed by atoms with Crippen LogP contribution >= 0.6 is 0 Å². The number of amides is 1. The van der Waals surface area contributed by atoms with Gasteiger partial charge in [0.2, 0.25) is 0 Å². The Morgan fingerprint density at radius 1 is 1.17 bits per heavy atom. The van der Waals surface area contributed by atoms with Crippen LogP contribution in [-0.4, -0.2) is 23.2 Å². The van der Waals surface area contributed by atoms with Crippen LogP contribution in [0.3, 0.4) is 0 Å². The standard InChI is InChI=1S/C23H23F3N2O2/c1-3-12(2)27-23(29)30-17-8-14(9-17)20-18-10-16(25)11-19(26)22(18)28-21(20)13-4-6-15(24)7-5-13/h4-7,10-12,14,17,28H,3,8-9H2,1-2H3,(H,27,29)/t12?,14-,17-. The Hall–Kier alpha value is -2.96. The van der Waals surface area contributed by atoms with E-state index in [0.717, 1.165) is 18.1 Å². The van der Waals surface area contributed by atoms with Crippen LogP contribution in [-0.2, 0) is 4.74 Å². The molecule has 0 radical (unpaired) electrons. The lowest BCUT2D eigenvalue weighted by Crippen LogP contribution is -2.39. The van der Waals surface area contributed by atoms with Crippen molar-refractivity contribution >= 4 is 17.0 Å². The van der Waals surface area contributed by atoms with Gasteiger partial charge in [0.15, 0.2) is 0 Å². The molecule has 1 aromatic heterocycles. The summed E-state index contributed by atoms with van der Waals surface area (Å²) < 4.78 is 47.2. The van der Waals surface area contributed by atoms with Gasteiger partial charge in [-0.15, -0.1) is 0 Å². The number of carbonyl (C=O) groups is 1. The third-order valence-electron chi connectivity index (χ3n) is 5.75. The van der Waals surface area contributed by atoms with E-state index in [2.05, 4.69) is 10.3 Å². The second kappa shape index (κ2) is 8.05. The number of ether oxygens (including phenoxy) is 1. The topological polar surface area (TPSA) is 54.1 Å². The minimum absolute atomic E-state index is 0.0259. The molecule has 2 N–H and O–H groups in total. The summed E-state index contributed by atoms with van der Waals surface area (Å²) in [7, 11) is 0. The van der Waals surface area contributed by atoms with Gasteiger partial charge >= 0.3 is 6.09 Å².